The quantitative estimate of drug-likeness (QED) is 0.349. The van der Waals surface area contributed by atoms with E-state index in [1.54, 1.807) is 38.2 Å². The number of amides is 2. The van der Waals surface area contributed by atoms with Crippen LogP contribution in [0.3, 0.4) is 0 Å². The highest BCUT2D eigenvalue weighted by molar-refractivity contribution is 9.10. The van der Waals surface area contributed by atoms with Gasteiger partial charge in [-0.2, -0.15) is 11.3 Å². The van der Waals surface area contributed by atoms with E-state index >= 15 is 0 Å². The van der Waals surface area contributed by atoms with Gasteiger partial charge in [0, 0.05) is 6.07 Å². The summed E-state index contributed by atoms with van der Waals surface area (Å²) in [6, 6.07) is 3.19. The minimum atomic E-state index is -0.691. The molecule has 2 aromatic rings. The minimum absolute atomic E-state index is 0.103. The molecule has 0 saturated carbocycles. The summed E-state index contributed by atoms with van der Waals surface area (Å²) in [6.07, 6.45) is -0.671. The number of nitrogens with one attached hydrogen (secondary N) is 2. The van der Waals surface area contributed by atoms with Gasteiger partial charge in [0.2, 0.25) is 0 Å². The fraction of sp³-hybridized carbons (Fsp3) is 0.500. The topological polar surface area (TPSA) is 98.8 Å². The molecule has 0 saturated heterocycles. The van der Waals surface area contributed by atoms with Gasteiger partial charge in [0.15, 0.2) is 11.6 Å². The molecule has 0 aliphatic carbocycles. The fourth-order valence-electron chi connectivity index (χ4n) is 2.54. The van der Waals surface area contributed by atoms with Crippen molar-refractivity contribution in [2.75, 3.05) is 18.5 Å². The summed E-state index contributed by atoms with van der Waals surface area (Å²) in [5.41, 5.74) is 0.371. The Labute approximate surface area is 211 Å². The molecule has 2 aromatic heterocycles. The van der Waals surface area contributed by atoms with Crippen LogP contribution in [0.25, 0.3) is 0 Å². The first-order valence-electron chi connectivity index (χ1n) is 10.4. The van der Waals surface area contributed by atoms with E-state index in [0.29, 0.717) is 17.5 Å². The number of alkyl carbamates (subject to hydrolysis) is 1. The summed E-state index contributed by atoms with van der Waals surface area (Å²) in [6.45, 7) is 9.61. The third-order valence-electron chi connectivity index (χ3n) is 3.89. The summed E-state index contributed by atoms with van der Waals surface area (Å²) in [5, 5.41) is 9.53. The number of aromatic nitrogens is 1. The normalized spacial score (nSPS) is 12.2. The maximum Gasteiger partial charge on any atom is 0.413 e. The monoisotopic (exact) mass is 561 g/mol. The number of carbonyl (C=O) groups is 2. The lowest BCUT2D eigenvalue weighted by molar-refractivity contribution is 0.0634. The highest BCUT2D eigenvalue weighted by Crippen LogP contribution is 2.32. The highest BCUT2D eigenvalue weighted by Gasteiger charge is 2.21. The summed E-state index contributed by atoms with van der Waals surface area (Å²) in [5.74, 6) is 0.597. The summed E-state index contributed by atoms with van der Waals surface area (Å²) in [7, 11) is 0. The van der Waals surface area contributed by atoms with Crippen LogP contribution in [0.1, 0.15) is 40.2 Å². The predicted octanol–water partition coefficient (Wildman–Crippen LogP) is 6.28. The molecular formula is C22H29BrClN3O5S. The molecule has 0 aromatic carbocycles. The maximum atomic E-state index is 12.2. The molecule has 2 amide bonds. The van der Waals surface area contributed by atoms with E-state index < -0.39 is 17.8 Å². The molecule has 1 atom stereocenters. The Morgan fingerprint density at radius 3 is 2.58 bits per heavy atom. The van der Waals surface area contributed by atoms with Crippen molar-refractivity contribution >= 4 is 56.9 Å². The Morgan fingerprint density at radius 1 is 1.24 bits per heavy atom. The van der Waals surface area contributed by atoms with E-state index in [0.717, 1.165) is 5.56 Å². The van der Waals surface area contributed by atoms with Gasteiger partial charge in [-0.1, -0.05) is 25.4 Å². The van der Waals surface area contributed by atoms with Crippen LogP contribution < -0.4 is 15.4 Å². The van der Waals surface area contributed by atoms with E-state index in [9.17, 15) is 9.59 Å². The first kappa shape index (κ1) is 27.2. The molecule has 0 fully saturated rings. The number of pyridine rings is 1. The molecule has 0 aliphatic heterocycles. The highest BCUT2D eigenvalue weighted by atomic mass is 79.9. The molecule has 2 heterocycles. The van der Waals surface area contributed by atoms with Crippen molar-refractivity contribution < 1.29 is 23.8 Å². The van der Waals surface area contributed by atoms with Gasteiger partial charge < -0.3 is 19.5 Å². The molecule has 8 nitrogen and oxygen atoms in total. The van der Waals surface area contributed by atoms with Crippen LogP contribution >= 0.6 is 38.9 Å². The summed E-state index contributed by atoms with van der Waals surface area (Å²) >= 11 is 11.0. The molecule has 182 valence electrons. The van der Waals surface area contributed by atoms with Crippen molar-refractivity contribution in [3.8, 4) is 5.75 Å². The lowest BCUT2D eigenvalue weighted by atomic mass is 10.1. The molecule has 2 N–H and O–H groups in total. The molecule has 0 radical (unpaired) electrons. The standard InChI is InChI=1S/C22H29BrClN3O5S/c1-13(2)10-31-20(28)25-15(8-14-6-7-33-12-14)11-30-17-9-16(23)18(24)26-19(17)27-21(29)32-22(3,4)5/h6-7,9,12-13,15H,8,10-11H2,1-5H3,(H,25,28)(H,26,27,29)/t15-/m0/s1. The summed E-state index contributed by atoms with van der Waals surface area (Å²) in [4.78, 5) is 28.7. The van der Waals surface area contributed by atoms with Gasteiger partial charge in [0.25, 0.3) is 0 Å². The van der Waals surface area contributed by atoms with Crippen molar-refractivity contribution in [2.45, 2.75) is 52.7 Å². The van der Waals surface area contributed by atoms with Crippen LogP contribution in [-0.2, 0) is 15.9 Å². The predicted molar refractivity (Wildman–Crippen MR) is 133 cm³/mol. The Kier molecular flexibility index (Phi) is 10.2. The Bertz CT molecular complexity index is 935. The number of hydrogen-bond acceptors (Lipinski definition) is 7. The van der Waals surface area contributed by atoms with Crippen LogP contribution in [-0.4, -0.2) is 42.0 Å². The van der Waals surface area contributed by atoms with Crippen molar-refractivity contribution in [3.63, 3.8) is 0 Å². The molecule has 11 heteroatoms. The number of carbonyl (C=O) groups excluding carboxylic acids is 2. The number of ether oxygens (including phenoxy) is 3. The first-order valence-corrected chi connectivity index (χ1v) is 12.5. The van der Waals surface area contributed by atoms with Crippen molar-refractivity contribution in [2.24, 2.45) is 5.92 Å². The van der Waals surface area contributed by atoms with Gasteiger partial charge in [-0.15, -0.1) is 0 Å². The van der Waals surface area contributed by atoms with Gasteiger partial charge >= 0.3 is 12.2 Å². The molecule has 0 aliphatic rings. The van der Waals surface area contributed by atoms with E-state index in [2.05, 4.69) is 31.5 Å². The van der Waals surface area contributed by atoms with E-state index in [-0.39, 0.29) is 35.3 Å². The lowest BCUT2D eigenvalue weighted by Gasteiger charge is -2.22. The SMILES string of the molecule is CC(C)COC(=O)N[C@H](COc1cc(Br)c(Cl)nc1NC(=O)OC(C)(C)C)Cc1ccsc1. The van der Waals surface area contributed by atoms with Crippen LogP contribution in [0.15, 0.2) is 27.4 Å². The van der Waals surface area contributed by atoms with Crippen LogP contribution in [0.4, 0.5) is 15.4 Å². The number of anilines is 1. The number of rotatable bonds is 9. The van der Waals surface area contributed by atoms with Gasteiger partial charge in [0.1, 0.15) is 17.4 Å². The Balaban J connectivity index is 2.14. The third kappa shape index (κ3) is 10.2. The zero-order chi connectivity index (χ0) is 24.6. The van der Waals surface area contributed by atoms with Gasteiger partial charge in [-0.05, 0) is 71.4 Å². The van der Waals surface area contributed by atoms with Crippen molar-refractivity contribution in [3.05, 3.63) is 38.1 Å². The van der Waals surface area contributed by atoms with Crippen LogP contribution in [0, 0.1) is 5.92 Å². The average molecular weight is 563 g/mol. The molecule has 0 bridgehead atoms. The van der Waals surface area contributed by atoms with E-state index in [4.69, 9.17) is 25.8 Å². The van der Waals surface area contributed by atoms with Crippen LogP contribution in [0.5, 0.6) is 5.75 Å². The molecular weight excluding hydrogens is 534 g/mol. The zero-order valence-corrected chi connectivity index (χ0v) is 22.4. The largest absolute Gasteiger partial charge is 0.487 e. The fourth-order valence-corrected chi connectivity index (χ4v) is 3.65. The molecule has 33 heavy (non-hydrogen) atoms. The Hall–Kier alpha value is -2.04. The van der Waals surface area contributed by atoms with E-state index in [1.165, 1.54) is 0 Å². The number of nitrogens with zero attached hydrogens (tertiary/aromatic N) is 1. The van der Waals surface area contributed by atoms with Crippen LogP contribution in [0.2, 0.25) is 5.15 Å². The molecule has 0 spiro atoms. The Morgan fingerprint density at radius 2 is 1.97 bits per heavy atom. The van der Waals surface area contributed by atoms with Gasteiger partial charge in [0.05, 0.1) is 17.1 Å². The number of thiophene rings is 1. The van der Waals surface area contributed by atoms with Crippen molar-refractivity contribution in [1.82, 2.24) is 10.3 Å². The third-order valence-corrected chi connectivity index (χ3v) is 5.74. The van der Waals surface area contributed by atoms with Gasteiger partial charge in [-0.25, -0.2) is 14.6 Å². The second kappa shape index (κ2) is 12.4. The minimum Gasteiger partial charge on any atom is -0.487 e. The molecule has 0 unspecified atom stereocenters. The van der Waals surface area contributed by atoms with Crippen molar-refractivity contribution in [1.29, 1.82) is 0 Å². The average Bonchev–Trinajstić information content (AvgIpc) is 3.19. The van der Waals surface area contributed by atoms with Gasteiger partial charge in [-0.3, -0.25) is 5.32 Å². The summed E-state index contributed by atoms with van der Waals surface area (Å²) < 4.78 is 17.0. The first-order chi connectivity index (χ1) is 15.4. The second-order valence-electron chi connectivity index (χ2n) is 8.71. The number of halogens is 2. The smallest absolute Gasteiger partial charge is 0.413 e. The zero-order valence-electron chi connectivity index (χ0n) is 19.2. The molecule has 2 rings (SSSR count). The number of hydrogen-bond donors (Lipinski definition) is 2. The lowest BCUT2D eigenvalue weighted by Crippen LogP contribution is -2.41. The van der Waals surface area contributed by atoms with E-state index in [1.807, 2.05) is 30.7 Å². The second-order valence-corrected chi connectivity index (χ2v) is 10.7. The maximum absolute atomic E-state index is 12.2.